The van der Waals surface area contributed by atoms with Gasteiger partial charge in [0, 0.05) is 11.6 Å². The molecule has 1 unspecified atom stereocenters. The van der Waals surface area contributed by atoms with Gasteiger partial charge in [0.1, 0.15) is 17.7 Å². The molecule has 1 atom stereocenters. The van der Waals surface area contributed by atoms with E-state index in [-0.39, 0.29) is 12.0 Å². The van der Waals surface area contributed by atoms with Crippen molar-refractivity contribution in [3.8, 4) is 5.75 Å². The summed E-state index contributed by atoms with van der Waals surface area (Å²) in [6.07, 6.45) is 1.74. The number of nitrogens with two attached hydrogens (primary N) is 1. The second-order valence-electron chi connectivity index (χ2n) is 3.80. The first kappa shape index (κ1) is 12.4. The number of benzene rings is 1. The van der Waals surface area contributed by atoms with Crippen LogP contribution in [-0.4, -0.2) is 26.3 Å². The summed E-state index contributed by atoms with van der Waals surface area (Å²) in [5.74, 6) is 0.375. The van der Waals surface area contributed by atoms with Gasteiger partial charge in [-0.1, -0.05) is 0 Å². The first-order valence-corrected chi connectivity index (χ1v) is 5.47. The van der Waals surface area contributed by atoms with Gasteiger partial charge in [0.05, 0.1) is 12.8 Å². The highest BCUT2D eigenvalue weighted by molar-refractivity contribution is 5.88. The van der Waals surface area contributed by atoms with Crippen molar-refractivity contribution in [2.24, 2.45) is 10.7 Å². The maximum Gasteiger partial charge on any atom is 0.195 e. The molecule has 2 rings (SSSR count). The Hall–Kier alpha value is -2.08. The van der Waals surface area contributed by atoms with Crippen LogP contribution in [0, 0.1) is 5.82 Å². The number of nitrogens with one attached hydrogen (secondary N) is 2. The first-order chi connectivity index (χ1) is 8.63. The van der Waals surface area contributed by atoms with E-state index in [4.69, 9.17) is 10.5 Å². The van der Waals surface area contributed by atoms with E-state index in [1.54, 1.807) is 13.1 Å². The van der Waals surface area contributed by atoms with E-state index in [0.717, 1.165) is 0 Å². The Balaban J connectivity index is 2.44. The van der Waals surface area contributed by atoms with Crippen molar-refractivity contribution >= 4 is 11.7 Å². The van der Waals surface area contributed by atoms with Gasteiger partial charge in [-0.15, -0.1) is 0 Å². The molecule has 0 aromatic heterocycles. The van der Waals surface area contributed by atoms with Gasteiger partial charge < -0.3 is 15.8 Å². The predicted octanol–water partition coefficient (Wildman–Crippen LogP) is 0.639. The molecule has 0 aliphatic carbocycles. The van der Waals surface area contributed by atoms with Crippen LogP contribution in [-0.2, 0) is 0 Å². The highest BCUT2D eigenvalue weighted by Crippen LogP contribution is 2.28. The van der Waals surface area contributed by atoms with Crippen LogP contribution >= 0.6 is 0 Å². The number of guanidine groups is 1. The Labute approximate surface area is 105 Å². The van der Waals surface area contributed by atoms with Gasteiger partial charge in [-0.25, -0.2) is 9.38 Å². The van der Waals surface area contributed by atoms with E-state index in [2.05, 4.69) is 15.6 Å². The second kappa shape index (κ2) is 5.05. The van der Waals surface area contributed by atoms with Crippen molar-refractivity contribution in [3.63, 3.8) is 0 Å². The van der Waals surface area contributed by atoms with Crippen molar-refractivity contribution in [2.75, 3.05) is 14.2 Å². The highest BCUT2D eigenvalue weighted by atomic mass is 19.1. The molecule has 1 aliphatic heterocycles. The number of ether oxygens (including phenoxy) is 1. The van der Waals surface area contributed by atoms with Gasteiger partial charge in [0.15, 0.2) is 5.96 Å². The molecule has 5 nitrogen and oxygen atoms in total. The average molecular weight is 250 g/mol. The minimum absolute atomic E-state index is 0.118. The predicted molar refractivity (Wildman–Crippen MR) is 68.5 cm³/mol. The van der Waals surface area contributed by atoms with E-state index >= 15 is 0 Å². The fraction of sp³-hybridized carbons (Fsp3) is 0.250. The molecule has 18 heavy (non-hydrogen) atoms. The third-order valence-electron chi connectivity index (χ3n) is 2.62. The number of likely N-dealkylation sites (N-methyl/N-ethyl adjacent to an activating group) is 1. The number of hydrogen-bond donors (Lipinski definition) is 3. The molecule has 6 heteroatoms. The fourth-order valence-corrected chi connectivity index (χ4v) is 1.74. The molecule has 4 N–H and O–H groups in total. The van der Waals surface area contributed by atoms with Crippen molar-refractivity contribution < 1.29 is 9.13 Å². The van der Waals surface area contributed by atoms with Crippen LogP contribution in [0.5, 0.6) is 5.75 Å². The zero-order valence-corrected chi connectivity index (χ0v) is 10.2. The van der Waals surface area contributed by atoms with E-state index in [0.29, 0.717) is 23.0 Å². The van der Waals surface area contributed by atoms with E-state index in [1.807, 2.05) is 6.08 Å². The molecule has 0 saturated heterocycles. The van der Waals surface area contributed by atoms with Crippen LogP contribution in [0.1, 0.15) is 5.56 Å². The lowest BCUT2D eigenvalue weighted by molar-refractivity contribution is 0.410. The topological polar surface area (TPSA) is 71.7 Å². The SMILES string of the molecule is CNC1C=C(c2ccc(F)cc2OC)N=C(N)N1. The smallest absolute Gasteiger partial charge is 0.195 e. The summed E-state index contributed by atoms with van der Waals surface area (Å²) in [7, 11) is 3.29. The summed E-state index contributed by atoms with van der Waals surface area (Å²) < 4.78 is 18.3. The number of halogens is 1. The molecule has 96 valence electrons. The summed E-state index contributed by atoms with van der Waals surface area (Å²) in [6, 6.07) is 4.30. The Bertz CT molecular complexity index is 513. The molecule has 0 bridgehead atoms. The van der Waals surface area contributed by atoms with E-state index < -0.39 is 0 Å². The average Bonchev–Trinajstić information content (AvgIpc) is 2.37. The normalized spacial score (nSPS) is 18.7. The molecular weight excluding hydrogens is 235 g/mol. The molecule has 0 spiro atoms. The summed E-state index contributed by atoms with van der Waals surface area (Å²) >= 11 is 0. The van der Waals surface area contributed by atoms with Gasteiger partial charge in [-0.3, -0.25) is 5.32 Å². The highest BCUT2D eigenvalue weighted by Gasteiger charge is 2.16. The van der Waals surface area contributed by atoms with Crippen LogP contribution in [0.4, 0.5) is 4.39 Å². The van der Waals surface area contributed by atoms with Gasteiger partial charge in [0.2, 0.25) is 0 Å². The number of rotatable bonds is 3. The van der Waals surface area contributed by atoms with Gasteiger partial charge in [0.25, 0.3) is 0 Å². The van der Waals surface area contributed by atoms with Crippen molar-refractivity contribution in [1.29, 1.82) is 0 Å². The first-order valence-electron chi connectivity index (χ1n) is 5.47. The zero-order chi connectivity index (χ0) is 13.1. The van der Waals surface area contributed by atoms with Gasteiger partial charge >= 0.3 is 0 Å². The van der Waals surface area contributed by atoms with Crippen LogP contribution < -0.4 is 21.1 Å². The zero-order valence-electron chi connectivity index (χ0n) is 10.2. The van der Waals surface area contributed by atoms with E-state index in [9.17, 15) is 4.39 Å². The van der Waals surface area contributed by atoms with E-state index in [1.165, 1.54) is 19.2 Å². The maximum atomic E-state index is 13.1. The number of methoxy groups -OCH3 is 1. The fourth-order valence-electron chi connectivity index (χ4n) is 1.74. The van der Waals surface area contributed by atoms with Gasteiger partial charge in [-0.05, 0) is 25.3 Å². The molecular formula is C12H15FN4O. The van der Waals surface area contributed by atoms with Crippen LogP contribution in [0.3, 0.4) is 0 Å². The quantitative estimate of drug-likeness (QED) is 0.736. The third kappa shape index (κ3) is 2.43. The minimum atomic E-state index is -0.354. The number of aliphatic imine (C=N–C) groups is 1. The minimum Gasteiger partial charge on any atom is -0.496 e. The van der Waals surface area contributed by atoms with Crippen molar-refractivity contribution in [3.05, 3.63) is 35.7 Å². The lowest BCUT2D eigenvalue weighted by Gasteiger charge is -2.21. The number of hydrogen-bond acceptors (Lipinski definition) is 5. The summed E-state index contributed by atoms with van der Waals surface area (Å²) in [5, 5.41) is 5.96. The molecule has 0 amide bonds. The molecule has 1 aliphatic rings. The molecule has 1 aromatic rings. The largest absolute Gasteiger partial charge is 0.496 e. The third-order valence-corrected chi connectivity index (χ3v) is 2.62. The molecule has 0 fully saturated rings. The lowest BCUT2D eigenvalue weighted by Crippen LogP contribution is -2.47. The second-order valence-corrected chi connectivity index (χ2v) is 3.80. The van der Waals surface area contributed by atoms with Crippen LogP contribution in [0.25, 0.3) is 5.70 Å². The Morgan fingerprint density at radius 3 is 2.94 bits per heavy atom. The number of nitrogens with zero attached hydrogens (tertiary/aromatic N) is 1. The van der Waals surface area contributed by atoms with Crippen LogP contribution in [0.15, 0.2) is 29.3 Å². The molecule has 1 heterocycles. The molecule has 0 radical (unpaired) electrons. The monoisotopic (exact) mass is 250 g/mol. The molecule has 1 aromatic carbocycles. The van der Waals surface area contributed by atoms with Crippen molar-refractivity contribution in [1.82, 2.24) is 10.6 Å². The van der Waals surface area contributed by atoms with Crippen LogP contribution in [0.2, 0.25) is 0 Å². The maximum absolute atomic E-state index is 13.1. The summed E-state index contributed by atoms with van der Waals surface area (Å²) in [4.78, 5) is 4.19. The van der Waals surface area contributed by atoms with Gasteiger partial charge in [-0.2, -0.15) is 0 Å². The Kier molecular flexibility index (Phi) is 3.47. The standard InChI is InChI=1S/C12H15FN4O/c1-15-11-6-9(16-12(14)17-11)8-4-3-7(13)5-10(8)18-2/h3-6,11,15H,1-2H3,(H3,14,16,17). The Morgan fingerprint density at radius 2 is 2.28 bits per heavy atom. The van der Waals surface area contributed by atoms with Crippen molar-refractivity contribution in [2.45, 2.75) is 6.17 Å². The lowest BCUT2D eigenvalue weighted by atomic mass is 10.1. The summed E-state index contributed by atoms with van der Waals surface area (Å²) in [6.45, 7) is 0. The summed E-state index contributed by atoms with van der Waals surface area (Å²) in [5.41, 5.74) is 7.03. The molecule has 0 saturated carbocycles. The Morgan fingerprint density at radius 1 is 1.50 bits per heavy atom.